The zero-order chi connectivity index (χ0) is 60.1. The second-order valence-corrected chi connectivity index (χ2v) is 23.7. The number of allylic oxidation sites excluding steroid dienone is 2. The lowest BCUT2D eigenvalue weighted by Crippen LogP contribution is -2.63. The van der Waals surface area contributed by atoms with E-state index in [0.29, 0.717) is 31.8 Å². The fourth-order valence-electron chi connectivity index (χ4n) is 9.67. The lowest BCUT2D eigenvalue weighted by Gasteiger charge is -2.41. The maximum atomic E-state index is 15.0. The molecule has 20 nitrogen and oxygen atoms in total. The maximum Gasteiger partial charge on any atom is 0.256 e. The second kappa shape index (κ2) is 33.6. The van der Waals surface area contributed by atoms with Crippen LogP contribution in [0, 0.1) is 17.8 Å². The first kappa shape index (κ1) is 70.0. The van der Waals surface area contributed by atoms with E-state index >= 15 is 4.79 Å². The number of hydrogen-bond acceptors (Lipinski definition) is 13. The highest BCUT2D eigenvalue weighted by Crippen LogP contribution is 2.27. The monoisotopic (exact) mass is 1130 g/mol. The number of benzene rings is 1. The molecule has 1 aliphatic rings. The number of carbonyl (C=O) groups excluding carboxylic acids is 8. The molecule has 4 N–H and O–H groups in total. The summed E-state index contributed by atoms with van der Waals surface area (Å²) in [4.78, 5) is 124. The summed E-state index contributed by atoms with van der Waals surface area (Å²) in [5.41, 5.74) is 6.03. The average Bonchev–Trinajstić information content (AvgIpc) is 3.43. The van der Waals surface area contributed by atoms with Crippen molar-refractivity contribution in [1.82, 2.24) is 39.6 Å². The Morgan fingerprint density at radius 3 is 1.90 bits per heavy atom. The van der Waals surface area contributed by atoms with E-state index in [1.165, 1.54) is 78.5 Å². The van der Waals surface area contributed by atoms with Crippen LogP contribution in [0.2, 0.25) is 0 Å². The lowest BCUT2D eigenvalue weighted by molar-refractivity contribution is -0.157. The van der Waals surface area contributed by atoms with Crippen molar-refractivity contribution in [2.45, 2.75) is 175 Å². The number of aliphatic hydroxyl groups is 1. The Morgan fingerprint density at radius 2 is 1.37 bits per heavy atom. The summed E-state index contributed by atoms with van der Waals surface area (Å²) in [6, 6.07) is 2.52. The molecule has 1 aliphatic heterocycles. The van der Waals surface area contributed by atoms with Gasteiger partial charge in [-0.2, -0.15) is 0 Å². The van der Waals surface area contributed by atoms with Crippen LogP contribution >= 0.6 is 11.8 Å². The van der Waals surface area contributed by atoms with Crippen LogP contribution in [0.25, 0.3) is 0 Å². The Morgan fingerprint density at radius 1 is 0.785 bits per heavy atom. The number of ether oxygens (including phenoxy) is 2. The van der Waals surface area contributed by atoms with E-state index in [1.54, 1.807) is 41.5 Å². The summed E-state index contributed by atoms with van der Waals surface area (Å²) in [5, 5.41) is 13.8. The molecule has 0 aliphatic carbocycles. The van der Waals surface area contributed by atoms with Crippen molar-refractivity contribution in [2.24, 2.45) is 23.5 Å². The maximum absolute atomic E-state index is 15.0. The van der Waals surface area contributed by atoms with Gasteiger partial charge in [-0.1, -0.05) is 91.0 Å². The molecular formula is C58H99N9O11S. The quantitative estimate of drug-likeness (QED) is 0.0509. The van der Waals surface area contributed by atoms with Gasteiger partial charge in [-0.3, -0.25) is 43.3 Å². The fraction of sp³-hybridized carbons (Fsp3) is 0.724. The predicted octanol–water partition coefficient (Wildman–Crippen LogP) is 4.22. The molecule has 0 aromatic heterocycles. The normalized spacial score (nSPS) is 16.7. The highest BCUT2D eigenvalue weighted by Gasteiger charge is 2.45. The van der Waals surface area contributed by atoms with Gasteiger partial charge in [0.1, 0.15) is 36.3 Å². The van der Waals surface area contributed by atoms with Crippen LogP contribution in [-0.2, 0) is 54.4 Å². The second-order valence-electron chi connectivity index (χ2n) is 22.5. The third-order valence-corrected chi connectivity index (χ3v) is 16.4. The van der Waals surface area contributed by atoms with Crippen molar-refractivity contribution in [3.8, 4) is 0 Å². The first-order valence-corrected chi connectivity index (χ1v) is 29.1. The molecule has 8 amide bonds. The van der Waals surface area contributed by atoms with Crippen molar-refractivity contribution in [3.05, 3.63) is 48.0 Å². The van der Waals surface area contributed by atoms with Gasteiger partial charge in [0.05, 0.1) is 31.5 Å². The number of hydrogen-bond donors (Lipinski definition) is 3. The highest BCUT2D eigenvalue weighted by atomic mass is 32.2. The minimum atomic E-state index is -1.57. The summed E-state index contributed by atoms with van der Waals surface area (Å²) in [5.74, 6) is -5.39. The van der Waals surface area contributed by atoms with Crippen molar-refractivity contribution in [2.75, 3.05) is 80.9 Å². The number of nitrogens with zero attached hydrogens (tertiary/aromatic N) is 7. The van der Waals surface area contributed by atoms with Crippen LogP contribution in [0.1, 0.15) is 120 Å². The van der Waals surface area contributed by atoms with Gasteiger partial charge >= 0.3 is 0 Å². The van der Waals surface area contributed by atoms with E-state index in [4.69, 9.17) is 15.2 Å². The standard InChI is InChI=1S/C58H99N9O11S/c1-18-21-26-40(8)49(69)48(65(16)55(75)47(39(6)7)64(15)54(74)44(35-38(4)5)62(13)52(72)41(9)61(12)46(68)20-3)51(71)60-43(19-2)53(73)66(17)57(79-34-25-29-67-30-32-77-33-31-67)56(76)63(14)45(50(59)70)36-58(10,11)78-37-42-27-23-22-24-28-42/h18,21-24,27-28,38-41,43-45,47-49,57,69H,19-20,25-26,29-37H2,1-17H3,(H2,59,70)(H,60,71)/b21-18+/t40-,41-,43+,44+,45+,47+,48+,49-,57-/m1/s1. The summed E-state index contributed by atoms with van der Waals surface area (Å²) < 4.78 is 11.8. The molecule has 9 atom stereocenters. The van der Waals surface area contributed by atoms with Gasteiger partial charge in [-0.25, -0.2) is 0 Å². The summed E-state index contributed by atoms with van der Waals surface area (Å²) in [6.45, 7) is 23.3. The molecule has 79 heavy (non-hydrogen) atoms. The van der Waals surface area contributed by atoms with Crippen LogP contribution in [0.5, 0.6) is 0 Å². The Bertz CT molecular complexity index is 2160. The van der Waals surface area contributed by atoms with Gasteiger partial charge < -0.3 is 55.0 Å². The molecule has 448 valence electrons. The lowest BCUT2D eigenvalue weighted by atomic mass is 9.91. The fourth-order valence-corrected chi connectivity index (χ4v) is 10.8. The van der Waals surface area contributed by atoms with E-state index in [1.807, 2.05) is 77.1 Å². The molecule has 1 aromatic rings. The molecule has 0 saturated carbocycles. The number of nitrogens with one attached hydrogen (secondary N) is 1. The van der Waals surface area contributed by atoms with Gasteiger partial charge in [-0.15, -0.1) is 11.8 Å². The highest BCUT2D eigenvalue weighted by molar-refractivity contribution is 8.00. The van der Waals surface area contributed by atoms with Crippen LogP contribution in [0.3, 0.4) is 0 Å². The summed E-state index contributed by atoms with van der Waals surface area (Å²) in [7, 11) is 8.85. The van der Waals surface area contributed by atoms with Crippen LogP contribution in [-0.4, -0.2) is 221 Å². The average molecular weight is 1130 g/mol. The number of primary amides is 1. The topological polar surface area (TPSA) is 236 Å². The summed E-state index contributed by atoms with van der Waals surface area (Å²) in [6.07, 6.45) is 3.72. The van der Waals surface area contributed by atoms with E-state index in [2.05, 4.69) is 10.2 Å². The molecule has 0 spiro atoms. The van der Waals surface area contributed by atoms with Crippen LogP contribution in [0.15, 0.2) is 42.5 Å². The van der Waals surface area contributed by atoms with Crippen LogP contribution in [0.4, 0.5) is 0 Å². The number of thioether (sulfide) groups is 1. The Balaban J connectivity index is 2.59. The van der Waals surface area contributed by atoms with Gasteiger partial charge in [0, 0.05) is 68.2 Å². The summed E-state index contributed by atoms with van der Waals surface area (Å²) >= 11 is 1.23. The first-order valence-electron chi connectivity index (χ1n) is 28.1. The largest absolute Gasteiger partial charge is 0.390 e. The van der Waals surface area contributed by atoms with E-state index in [0.717, 1.165) is 30.1 Å². The number of rotatable bonds is 33. The molecule has 1 aromatic carbocycles. The Labute approximate surface area is 476 Å². The Kier molecular flexibility index (Phi) is 29.8. The third kappa shape index (κ3) is 20.8. The predicted molar refractivity (Wildman–Crippen MR) is 310 cm³/mol. The van der Waals surface area contributed by atoms with Gasteiger partial charge in [0.25, 0.3) is 5.91 Å². The van der Waals surface area contributed by atoms with Crippen molar-refractivity contribution in [3.63, 3.8) is 0 Å². The first-order chi connectivity index (χ1) is 37.0. The zero-order valence-electron chi connectivity index (χ0n) is 50.7. The smallest absolute Gasteiger partial charge is 0.256 e. The molecule has 21 heteroatoms. The number of morpholine rings is 1. The third-order valence-electron chi connectivity index (χ3n) is 15.0. The minimum absolute atomic E-state index is 0.0508. The van der Waals surface area contributed by atoms with E-state index in [9.17, 15) is 38.7 Å². The molecule has 0 unspecified atom stereocenters. The van der Waals surface area contributed by atoms with E-state index in [-0.39, 0.29) is 44.1 Å². The number of amides is 8. The molecule has 1 saturated heterocycles. The Hall–Kier alpha value is -5.09. The molecule has 1 fully saturated rings. The van der Waals surface area contributed by atoms with Crippen molar-refractivity contribution < 1.29 is 52.9 Å². The van der Waals surface area contributed by atoms with E-state index < -0.39 is 107 Å². The number of likely N-dealkylation sites (N-methyl/N-ethyl adjacent to an activating group) is 6. The molecular weight excluding hydrogens is 1030 g/mol. The van der Waals surface area contributed by atoms with Crippen molar-refractivity contribution in [1.29, 1.82) is 0 Å². The molecule has 0 bridgehead atoms. The van der Waals surface area contributed by atoms with Gasteiger partial charge in [0.2, 0.25) is 41.4 Å². The van der Waals surface area contributed by atoms with Gasteiger partial charge in [-0.05, 0) is 89.0 Å². The number of aliphatic hydroxyl groups excluding tert-OH is 1. The SMILES string of the molecule is C/C=C/C[C@@H](C)[C@@H](O)[C@@H](C(=O)N[C@@H](CC)C(=O)N(C)[C@H](SCCCN1CCOCC1)C(=O)N(C)[C@@H](CC(C)(C)OCc1ccccc1)C(N)=O)N(C)C(=O)[C@H](C(C)C)N(C)C(=O)[C@H](CC(C)C)N(C)C(=O)[C@@H](C)N(C)C(=O)CC. The van der Waals surface area contributed by atoms with Crippen molar-refractivity contribution >= 4 is 59.0 Å². The number of nitrogens with two attached hydrogens (primary N) is 1. The van der Waals surface area contributed by atoms with Gasteiger partial charge in [0.15, 0.2) is 5.37 Å². The molecule has 0 radical (unpaired) electrons. The molecule has 1 heterocycles. The minimum Gasteiger partial charge on any atom is -0.390 e. The molecule has 2 rings (SSSR count). The number of carbonyl (C=O) groups is 8. The van der Waals surface area contributed by atoms with Crippen LogP contribution < -0.4 is 11.1 Å². The zero-order valence-corrected chi connectivity index (χ0v) is 51.5.